The van der Waals surface area contributed by atoms with Crippen LogP contribution in [0.2, 0.25) is 0 Å². The molecule has 0 saturated carbocycles. The van der Waals surface area contributed by atoms with Gasteiger partial charge in [-0.1, -0.05) is 0 Å². The molecular weight excluding hydrogens is 260 g/mol. The van der Waals surface area contributed by atoms with E-state index in [-0.39, 0.29) is 23.6 Å². The molecule has 6 heteroatoms. The molecular formula is C14H22N2O4. The number of anilines is 1. The van der Waals surface area contributed by atoms with Crippen molar-refractivity contribution in [3.63, 3.8) is 0 Å². The molecule has 1 aromatic rings. The normalized spacial score (nSPS) is 12.2. The third-order valence-corrected chi connectivity index (χ3v) is 2.56. The second-order valence-corrected chi connectivity index (χ2v) is 4.75. The van der Waals surface area contributed by atoms with Crippen LogP contribution in [0.4, 0.5) is 11.4 Å². The second-order valence-electron chi connectivity index (χ2n) is 4.75. The molecule has 6 nitrogen and oxygen atoms in total. The fourth-order valence-electron chi connectivity index (χ4n) is 1.73. The van der Waals surface area contributed by atoms with Gasteiger partial charge in [0.15, 0.2) is 5.75 Å². The molecule has 0 spiro atoms. The maximum absolute atomic E-state index is 11.0. The molecule has 0 radical (unpaired) electrons. The number of rotatable bonds is 8. The molecule has 0 aromatic heterocycles. The zero-order chi connectivity index (χ0) is 15.1. The van der Waals surface area contributed by atoms with Crippen molar-refractivity contribution in [2.24, 2.45) is 0 Å². The van der Waals surface area contributed by atoms with Crippen molar-refractivity contribution in [1.29, 1.82) is 0 Å². The van der Waals surface area contributed by atoms with E-state index >= 15 is 0 Å². The van der Waals surface area contributed by atoms with Crippen LogP contribution in [-0.4, -0.2) is 30.3 Å². The van der Waals surface area contributed by atoms with E-state index < -0.39 is 4.92 Å². The van der Waals surface area contributed by atoms with E-state index in [2.05, 4.69) is 5.32 Å². The molecule has 1 unspecified atom stereocenters. The molecule has 112 valence electrons. The average molecular weight is 282 g/mol. The highest BCUT2D eigenvalue weighted by Gasteiger charge is 2.16. The maximum atomic E-state index is 11.0. The minimum absolute atomic E-state index is 0.0258. The summed E-state index contributed by atoms with van der Waals surface area (Å²) in [5.41, 5.74) is 0.750. The summed E-state index contributed by atoms with van der Waals surface area (Å²) in [4.78, 5) is 10.5. The van der Waals surface area contributed by atoms with Gasteiger partial charge < -0.3 is 14.8 Å². The van der Waals surface area contributed by atoms with Gasteiger partial charge in [-0.3, -0.25) is 10.1 Å². The lowest BCUT2D eigenvalue weighted by Crippen LogP contribution is -2.19. The first-order valence-electron chi connectivity index (χ1n) is 6.74. The van der Waals surface area contributed by atoms with Gasteiger partial charge in [-0.05, 0) is 33.8 Å². The number of hydrogen-bond donors (Lipinski definition) is 1. The Kier molecular flexibility index (Phi) is 6.24. The zero-order valence-corrected chi connectivity index (χ0v) is 12.4. The van der Waals surface area contributed by atoms with Crippen LogP contribution in [0.15, 0.2) is 18.2 Å². The molecule has 1 atom stereocenters. The number of benzene rings is 1. The van der Waals surface area contributed by atoms with Crippen molar-refractivity contribution in [2.75, 3.05) is 18.5 Å². The van der Waals surface area contributed by atoms with E-state index in [0.717, 1.165) is 5.69 Å². The van der Waals surface area contributed by atoms with E-state index in [1.807, 2.05) is 27.7 Å². The number of ether oxygens (including phenoxy) is 2. The lowest BCUT2D eigenvalue weighted by Gasteiger charge is -2.15. The van der Waals surface area contributed by atoms with Crippen LogP contribution in [0.25, 0.3) is 0 Å². The van der Waals surface area contributed by atoms with Crippen molar-refractivity contribution in [1.82, 2.24) is 0 Å². The van der Waals surface area contributed by atoms with Crippen molar-refractivity contribution < 1.29 is 14.4 Å². The summed E-state index contributed by atoms with van der Waals surface area (Å²) >= 11 is 0. The summed E-state index contributed by atoms with van der Waals surface area (Å²) < 4.78 is 10.9. The molecule has 1 aromatic carbocycles. The highest BCUT2D eigenvalue weighted by molar-refractivity contribution is 5.58. The van der Waals surface area contributed by atoms with Gasteiger partial charge >= 0.3 is 5.69 Å². The van der Waals surface area contributed by atoms with Crippen LogP contribution in [0, 0.1) is 10.1 Å². The van der Waals surface area contributed by atoms with E-state index in [1.165, 1.54) is 6.07 Å². The summed E-state index contributed by atoms with van der Waals surface area (Å²) in [7, 11) is 0. The Morgan fingerprint density at radius 3 is 2.60 bits per heavy atom. The number of nitrogens with zero attached hydrogens (tertiary/aromatic N) is 1. The number of nitrogens with one attached hydrogen (secondary N) is 1. The predicted molar refractivity (Wildman–Crippen MR) is 78.4 cm³/mol. The molecule has 0 heterocycles. The standard InChI is InChI=1S/C14H22N2O4/c1-5-19-11(4)9-15-12-6-7-13(16(17)18)14(8-12)20-10(2)3/h6-8,10-11,15H,5,9H2,1-4H3. The summed E-state index contributed by atoms with van der Waals surface area (Å²) in [6.07, 6.45) is -0.0454. The SMILES string of the molecule is CCOC(C)CNc1ccc([N+](=O)[O-])c(OC(C)C)c1. The Labute approximate surface area is 119 Å². The second kappa shape index (κ2) is 7.69. The van der Waals surface area contributed by atoms with Crippen molar-refractivity contribution in [3.05, 3.63) is 28.3 Å². The Morgan fingerprint density at radius 2 is 2.05 bits per heavy atom. The molecule has 1 rings (SSSR count). The molecule has 0 amide bonds. The van der Waals surface area contributed by atoms with Crippen LogP contribution in [0.1, 0.15) is 27.7 Å². The summed E-state index contributed by atoms with van der Waals surface area (Å²) in [5, 5.41) is 14.1. The Bertz CT molecular complexity index is 449. The third-order valence-electron chi connectivity index (χ3n) is 2.56. The van der Waals surface area contributed by atoms with Gasteiger partial charge in [0.25, 0.3) is 0 Å². The summed E-state index contributed by atoms with van der Waals surface area (Å²) in [6.45, 7) is 8.87. The van der Waals surface area contributed by atoms with E-state index in [4.69, 9.17) is 9.47 Å². The van der Waals surface area contributed by atoms with Gasteiger partial charge in [0.05, 0.1) is 17.1 Å². The molecule has 1 N–H and O–H groups in total. The smallest absolute Gasteiger partial charge is 0.311 e. The van der Waals surface area contributed by atoms with Crippen LogP contribution in [-0.2, 0) is 4.74 Å². The lowest BCUT2D eigenvalue weighted by molar-refractivity contribution is -0.386. The first-order valence-corrected chi connectivity index (χ1v) is 6.74. The minimum Gasteiger partial charge on any atom is -0.484 e. The first kappa shape index (κ1) is 16.2. The third kappa shape index (κ3) is 5.05. The highest BCUT2D eigenvalue weighted by Crippen LogP contribution is 2.30. The van der Waals surface area contributed by atoms with Crippen molar-refractivity contribution >= 4 is 11.4 Å². The fourth-order valence-corrected chi connectivity index (χ4v) is 1.73. The summed E-state index contributed by atoms with van der Waals surface area (Å²) in [5.74, 6) is 0.277. The van der Waals surface area contributed by atoms with E-state index in [1.54, 1.807) is 12.1 Å². The molecule has 0 bridgehead atoms. The summed E-state index contributed by atoms with van der Waals surface area (Å²) in [6, 6.07) is 4.77. The first-order chi connectivity index (χ1) is 9.43. The monoisotopic (exact) mass is 282 g/mol. The topological polar surface area (TPSA) is 73.6 Å². The Morgan fingerprint density at radius 1 is 1.35 bits per heavy atom. The van der Waals surface area contributed by atoms with Crippen LogP contribution in [0.5, 0.6) is 5.75 Å². The highest BCUT2D eigenvalue weighted by atomic mass is 16.6. The largest absolute Gasteiger partial charge is 0.484 e. The molecule has 0 aliphatic heterocycles. The van der Waals surface area contributed by atoms with E-state index in [9.17, 15) is 10.1 Å². The predicted octanol–water partition coefficient (Wildman–Crippen LogP) is 3.22. The molecule has 0 aliphatic carbocycles. The van der Waals surface area contributed by atoms with E-state index in [0.29, 0.717) is 13.2 Å². The maximum Gasteiger partial charge on any atom is 0.311 e. The molecule has 20 heavy (non-hydrogen) atoms. The molecule has 0 fully saturated rings. The Hall–Kier alpha value is -1.82. The zero-order valence-electron chi connectivity index (χ0n) is 12.4. The van der Waals surface area contributed by atoms with Crippen molar-refractivity contribution in [3.8, 4) is 5.75 Å². The number of nitro benzene ring substituents is 1. The van der Waals surface area contributed by atoms with Gasteiger partial charge in [0, 0.05) is 31.0 Å². The van der Waals surface area contributed by atoms with Gasteiger partial charge in [0.1, 0.15) is 0 Å². The lowest BCUT2D eigenvalue weighted by atomic mass is 10.2. The van der Waals surface area contributed by atoms with Crippen molar-refractivity contribution in [2.45, 2.75) is 39.9 Å². The molecule has 0 saturated heterocycles. The van der Waals surface area contributed by atoms with Gasteiger partial charge in [0.2, 0.25) is 0 Å². The Balaban J connectivity index is 2.81. The number of nitro groups is 1. The van der Waals surface area contributed by atoms with Gasteiger partial charge in [-0.15, -0.1) is 0 Å². The van der Waals surface area contributed by atoms with Crippen LogP contribution >= 0.6 is 0 Å². The van der Waals surface area contributed by atoms with Gasteiger partial charge in [-0.25, -0.2) is 0 Å². The fraction of sp³-hybridized carbons (Fsp3) is 0.571. The number of hydrogen-bond acceptors (Lipinski definition) is 5. The van der Waals surface area contributed by atoms with Crippen LogP contribution in [0.3, 0.4) is 0 Å². The quantitative estimate of drug-likeness (QED) is 0.585. The average Bonchev–Trinajstić information content (AvgIpc) is 2.36. The molecule has 0 aliphatic rings. The van der Waals surface area contributed by atoms with Gasteiger partial charge in [-0.2, -0.15) is 0 Å². The minimum atomic E-state index is -0.440. The van der Waals surface area contributed by atoms with Crippen LogP contribution < -0.4 is 10.1 Å².